The van der Waals surface area contributed by atoms with Gasteiger partial charge in [0.25, 0.3) is 5.91 Å². The molecule has 0 unspecified atom stereocenters. The fourth-order valence-electron chi connectivity index (χ4n) is 3.23. The second-order valence-corrected chi connectivity index (χ2v) is 6.29. The van der Waals surface area contributed by atoms with Crippen molar-refractivity contribution in [2.24, 2.45) is 0 Å². The Labute approximate surface area is 154 Å². The summed E-state index contributed by atoms with van der Waals surface area (Å²) in [6, 6.07) is 9.08. The number of rotatable bonds is 5. The van der Waals surface area contributed by atoms with Gasteiger partial charge >= 0.3 is 0 Å². The minimum Gasteiger partial charge on any atom is -0.496 e. The van der Waals surface area contributed by atoms with E-state index in [-0.39, 0.29) is 5.91 Å². The zero-order chi connectivity index (χ0) is 18.4. The second-order valence-electron chi connectivity index (χ2n) is 6.29. The first kappa shape index (κ1) is 18.0. The number of pyridine rings is 1. The van der Waals surface area contributed by atoms with E-state index in [0.717, 1.165) is 18.8 Å². The number of anilines is 2. The lowest BCUT2D eigenvalue weighted by atomic mass is 10.1. The molecule has 2 aromatic rings. The predicted molar refractivity (Wildman–Crippen MR) is 102 cm³/mol. The summed E-state index contributed by atoms with van der Waals surface area (Å²) >= 11 is 0. The molecule has 1 saturated heterocycles. The predicted octanol–water partition coefficient (Wildman–Crippen LogP) is 3.73. The summed E-state index contributed by atoms with van der Waals surface area (Å²) in [5.74, 6) is 1.11. The van der Waals surface area contributed by atoms with Crippen LogP contribution in [0.4, 0.5) is 11.5 Å². The Hall–Kier alpha value is -2.76. The monoisotopic (exact) mass is 355 g/mol. The van der Waals surface area contributed by atoms with E-state index in [1.165, 1.54) is 39.9 Å². The van der Waals surface area contributed by atoms with Crippen molar-refractivity contribution in [2.45, 2.75) is 25.7 Å². The van der Waals surface area contributed by atoms with Crippen LogP contribution in [0.25, 0.3) is 0 Å². The maximum atomic E-state index is 12.7. The van der Waals surface area contributed by atoms with Crippen molar-refractivity contribution >= 4 is 17.4 Å². The van der Waals surface area contributed by atoms with Gasteiger partial charge in [-0.3, -0.25) is 4.79 Å². The summed E-state index contributed by atoms with van der Waals surface area (Å²) in [7, 11) is 3.06. The molecule has 26 heavy (non-hydrogen) atoms. The third-order valence-corrected chi connectivity index (χ3v) is 4.62. The third-order valence-electron chi connectivity index (χ3n) is 4.62. The Morgan fingerprint density at radius 2 is 1.65 bits per heavy atom. The van der Waals surface area contributed by atoms with Crippen LogP contribution in [0.3, 0.4) is 0 Å². The van der Waals surface area contributed by atoms with Crippen LogP contribution in [0.5, 0.6) is 11.5 Å². The van der Waals surface area contributed by atoms with Crippen LogP contribution in [0, 0.1) is 0 Å². The highest BCUT2D eigenvalue weighted by atomic mass is 16.5. The Kier molecular flexibility index (Phi) is 5.94. The van der Waals surface area contributed by atoms with Gasteiger partial charge in [0.2, 0.25) is 0 Å². The first-order valence-electron chi connectivity index (χ1n) is 8.96. The molecule has 0 spiro atoms. The normalized spacial score (nSPS) is 14.5. The van der Waals surface area contributed by atoms with Gasteiger partial charge in [0, 0.05) is 13.1 Å². The van der Waals surface area contributed by atoms with E-state index in [1.54, 1.807) is 18.2 Å². The van der Waals surface area contributed by atoms with E-state index in [4.69, 9.17) is 9.47 Å². The molecule has 1 N–H and O–H groups in total. The van der Waals surface area contributed by atoms with Crippen molar-refractivity contribution < 1.29 is 14.3 Å². The molecule has 3 rings (SSSR count). The number of methoxy groups -OCH3 is 2. The molecule has 6 heteroatoms. The smallest absolute Gasteiger partial charge is 0.264 e. The number of ether oxygens (including phenoxy) is 2. The molecule has 0 radical (unpaired) electrons. The standard InChI is InChI=1S/C20H25N3O3/c1-25-16-8-7-9-17(26-2)19(16)20(24)22-18-11-10-15(14-21-18)23-12-5-3-4-6-13-23/h7-11,14H,3-6,12-13H2,1-2H3,(H,21,22,24). The number of hydrogen-bond acceptors (Lipinski definition) is 5. The van der Waals surface area contributed by atoms with Crippen LogP contribution in [0.1, 0.15) is 36.0 Å². The van der Waals surface area contributed by atoms with Crippen molar-refractivity contribution in [3.63, 3.8) is 0 Å². The summed E-state index contributed by atoms with van der Waals surface area (Å²) in [5, 5.41) is 2.82. The molecule has 0 atom stereocenters. The number of carbonyl (C=O) groups excluding carboxylic acids is 1. The van der Waals surface area contributed by atoms with Gasteiger partial charge in [-0.15, -0.1) is 0 Å². The van der Waals surface area contributed by atoms with E-state index >= 15 is 0 Å². The van der Waals surface area contributed by atoms with Crippen LogP contribution in [0.15, 0.2) is 36.5 Å². The molecule has 2 heterocycles. The third kappa shape index (κ3) is 4.07. The van der Waals surface area contributed by atoms with E-state index in [2.05, 4.69) is 15.2 Å². The number of nitrogens with zero attached hydrogens (tertiary/aromatic N) is 2. The topological polar surface area (TPSA) is 63.7 Å². The highest BCUT2D eigenvalue weighted by Gasteiger charge is 2.19. The summed E-state index contributed by atoms with van der Waals surface area (Å²) < 4.78 is 10.6. The van der Waals surface area contributed by atoms with E-state index < -0.39 is 0 Å². The van der Waals surface area contributed by atoms with Crippen molar-refractivity contribution in [2.75, 3.05) is 37.5 Å². The van der Waals surface area contributed by atoms with E-state index in [1.807, 2.05) is 18.3 Å². The highest BCUT2D eigenvalue weighted by molar-refractivity contribution is 6.07. The highest BCUT2D eigenvalue weighted by Crippen LogP contribution is 2.29. The van der Waals surface area contributed by atoms with Crippen molar-refractivity contribution in [1.82, 2.24) is 4.98 Å². The molecule has 0 bridgehead atoms. The average molecular weight is 355 g/mol. The maximum absolute atomic E-state index is 12.7. The van der Waals surface area contributed by atoms with Crippen LogP contribution < -0.4 is 19.7 Å². The van der Waals surface area contributed by atoms with Gasteiger partial charge in [-0.2, -0.15) is 0 Å². The molecule has 1 aromatic heterocycles. The fourth-order valence-corrected chi connectivity index (χ4v) is 3.23. The van der Waals surface area contributed by atoms with Gasteiger partial charge < -0.3 is 19.7 Å². The number of aromatic nitrogens is 1. The van der Waals surface area contributed by atoms with Gasteiger partial charge in [0.15, 0.2) is 0 Å². The number of carbonyl (C=O) groups is 1. The minimum absolute atomic E-state index is 0.311. The maximum Gasteiger partial charge on any atom is 0.264 e. The van der Waals surface area contributed by atoms with Gasteiger partial charge in [-0.1, -0.05) is 18.9 Å². The SMILES string of the molecule is COc1cccc(OC)c1C(=O)Nc1ccc(N2CCCCCC2)cn1. The zero-order valence-electron chi connectivity index (χ0n) is 15.3. The first-order chi connectivity index (χ1) is 12.7. The van der Waals surface area contributed by atoms with Gasteiger partial charge in [0.05, 0.1) is 26.1 Å². The van der Waals surface area contributed by atoms with Gasteiger partial charge in [0.1, 0.15) is 22.9 Å². The Bertz CT molecular complexity index is 716. The largest absolute Gasteiger partial charge is 0.496 e. The van der Waals surface area contributed by atoms with Crippen LogP contribution >= 0.6 is 0 Å². The van der Waals surface area contributed by atoms with Crippen LogP contribution in [-0.4, -0.2) is 38.2 Å². The fraction of sp³-hybridized carbons (Fsp3) is 0.400. The Balaban J connectivity index is 1.74. The number of hydrogen-bond donors (Lipinski definition) is 1. The molecule has 138 valence electrons. The van der Waals surface area contributed by atoms with Crippen molar-refractivity contribution in [3.8, 4) is 11.5 Å². The molecule has 0 saturated carbocycles. The van der Waals surface area contributed by atoms with Gasteiger partial charge in [-0.05, 0) is 37.1 Å². The zero-order valence-corrected chi connectivity index (χ0v) is 15.3. The first-order valence-corrected chi connectivity index (χ1v) is 8.96. The molecular weight excluding hydrogens is 330 g/mol. The summed E-state index contributed by atoms with van der Waals surface area (Å²) in [6.45, 7) is 2.12. The molecule has 1 amide bonds. The van der Waals surface area contributed by atoms with E-state index in [0.29, 0.717) is 22.9 Å². The summed E-state index contributed by atoms with van der Waals surface area (Å²) in [4.78, 5) is 19.4. The molecule has 6 nitrogen and oxygen atoms in total. The molecular formula is C20H25N3O3. The Morgan fingerprint density at radius 1 is 1.00 bits per heavy atom. The lowest BCUT2D eigenvalue weighted by Gasteiger charge is -2.22. The lowest BCUT2D eigenvalue weighted by molar-refractivity contribution is 0.102. The lowest BCUT2D eigenvalue weighted by Crippen LogP contribution is -2.24. The van der Waals surface area contributed by atoms with Crippen LogP contribution in [-0.2, 0) is 0 Å². The van der Waals surface area contributed by atoms with E-state index in [9.17, 15) is 4.79 Å². The number of nitrogens with one attached hydrogen (secondary N) is 1. The number of benzene rings is 1. The Morgan fingerprint density at radius 3 is 2.19 bits per heavy atom. The molecule has 0 aliphatic carbocycles. The quantitative estimate of drug-likeness (QED) is 0.885. The van der Waals surface area contributed by atoms with Crippen molar-refractivity contribution in [3.05, 3.63) is 42.1 Å². The average Bonchev–Trinajstić information content (AvgIpc) is 2.97. The summed E-state index contributed by atoms with van der Waals surface area (Å²) in [6.07, 6.45) is 6.83. The van der Waals surface area contributed by atoms with Crippen molar-refractivity contribution in [1.29, 1.82) is 0 Å². The molecule has 1 aromatic carbocycles. The molecule has 1 aliphatic heterocycles. The molecule has 1 fully saturated rings. The summed E-state index contributed by atoms with van der Waals surface area (Å²) in [5.41, 5.74) is 1.45. The number of amides is 1. The van der Waals surface area contributed by atoms with Gasteiger partial charge in [-0.25, -0.2) is 4.98 Å². The molecule has 1 aliphatic rings. The second kappa shape index (κ2) is 8.56. The van der Waals surface area contributed by atoms with Crippen LogP contribution in [0.2, 0.25) is 0 Å². The minimum atomic E-state index is -0.311.